The number of hydrogen-bond acceptors (Lipinski definition) is 3. The second-order valence-electron chi connectivity index (χ2n) is 7.08. The van der Waals surface area contributed by atoms with E-state index in [1.165, 1.54) is 35.1 Å². The highest BCUT2D eigenvalue weighted by molar-refractivity contribution is 7.09. The summed E-state index contributed by atoms with van der Waals surface area (Å²) in [4.78, 5) is 18.9. The van der Waals surface area contributed by atoms with Gasteiger partial charge in [-0.1, -0.05) is 6.07 Å². The quantitative estimate of drug-likeness (QED) is 0.645. The number of carbonyl (C=O) groups excluding carboxylic acids is 1. The Kier molecular flexibility index (Phi) is 6.66. The van der Waals surface area contributed by atoms with Crippen LogP contribution in [0.1, 0.15) is 11.8 Å². The van der Waals surface area contributed by atoms with Crippen LogP contribution in [0.4, 0.5) is 11.4 Å². The van der Waals surface area contributed by atoms with Gasteiger partial charge in [0.1, 0.15) is 6.54 Å². The fourth-order valence-corrected chi connectivity index (χ4v) is 4.26. The van der Waals surface area contributed by atoms with Crippen LogP contribution in [0.2, 0.25) is 0 Å². The van der Waals surface area contributed by atoms with Crippen molar-refractivity contribution in [1.29, 1.82) is 0 Å². The molecule has 1 atom stereocenters. The molecule has 0 bridgehead atoms. The number of nitrogens with one attached hydrogen (secondary N) is 3. The van der Waals surface area contributed by atoms with Gasteiger partial charge >= 0.3 is 0 Å². The third-order valence-electron chi connectivity index (χ3n) is 5.01. The van der Waals surface area contributed by atoms with Gasteiger partial charge < -0.3 is 20.0 Å². The number of hydrogen-bond donors (Lipinski definition) is 3. The second kappa shape index (κ2) is 9.16. The molecule has 140 valence electrons. The molecule has 1 saturated heterocycles. The summed E-state index contributed by atoms with van der Waals surface area (Å²) in [5, 5.41) is 5.10. The van der Waals surface area contributed by atoms with Crippen LogP contribution in [0.15, 0.2) is 41.8 Å². The van der Waals surface area contributed by atoms with E-state index in [-0.39, 0.29) is 5.91 Å². The third-order valence-corrected chi connectivity index (χ3v) is 5.88. The average Bonchev–Trinajstić information content (AvgIpc) is 3.15. The molecule has 1 amide bonds. The Morgan fingerprint density at radius 3 is 2.58 bits per heavy atom. The highest BCUT2D eigenvalue weighted by atomic mass is 32.1. The van der Waals surface area contributed by atoms with Crippen LogP contribution >= 0.6 is 11.3 Å². The maximum Gasteiger partial charge on any atom is 0.279 e. The number of likely N-dealkylation sites (N-methyl/N-ethyl adjacent to an activating group) is 2. The molecule has 1 unspecified atom stereocenters. The number of rotatable bonds is 7. The van der Waals surface area contributed by atoms with Crippen molar-refractivity contribution in [3.8, 4) is 0 Å². The van der Waals surface area contributed by atoms with Crippen LogP contribution in [0.5, 0.6) is 0 Å². The summed E-state index contributed by atoms with van der Waals surface area (Å²) in [7, 11) is 2.06. The number of benzene rings is 1. The molecule has 3 rings (SSSR count). The minimum atomic E-state index is 0.0620. The van der Waals surface area contributed by atoms with Gasteiger partial charge in [-0.2, -0.15) is 0 Å². The van der Waals surface area contributed by atoms with Crippen LogP contribution in [0.3, 0.4) is 0 Å². The zero-order chi connectivity index (χ0) is 18.4. The Hall–Kier alpha value is -1.89. The smallest absolute Gasteiger partial charge is 0.279 e. The number of amides is 1. The number of carbonyl (C=O) groups is 1. The molecule has 0 radical (unpaired) electrons. The summed E-state index contributed by atoms with van der Waals surface area (Å²) in [5.74, 6) is 0.0620. The number of quaternary nitrogens is 2. The standard InChI is InChI=1S/C20H28N4OS/c1-3-23-10-12-24(13-11-23)18-8-6-17(7-9-18)21-20(25)16-22(2)15-19-5-4-14-26-19/h4-9,14H,3,10-13,15-16H2,1-2H3,(H,21,25)/p+2. The van der Waals surface area contributed by atoms with Crippen LogP contribution in [-0.2, 0) is 11.3 Å². The lowest BCUT2D eigenvalue weighted by atomic mass is 10.2. The Bertz CT molecular complexity index is 678. The molecule has 1 fully saturated rings. The van der Waals surface area contributed by atoms with Crippen LogP contribution in [0.25, 0.3) is 0 Å². The highest BCUT2D eigenvalue weighted by Crippen LogP contribution is 2.17. The zero-order valence-electron chi connectivity index (χ0n) is 15.8. The van der Waals surface area contributed by atoms with Crippen molar-refractivity contribution in [3.05, 3.63) is 46.7 Å². The zero-order valence-corrected chi connectivity index (χ0v) is 16.6. The molecule has 26 heavy (non-hydrogen) atoms. The van der Waals surface area contributed by atoms with E-state index in [0.717, 1.165) is 25.3 Å². The van der Waals surface area contributed by atoms with Crippen LogP contribution in [0, 0.1) is 0 Å². The van der Waals surface area contributed by atoms with E-state index in [9.17, 15) is 4.79 Å². The van der Waals surface area contributed by atoms with E-state index < -0.39 is 0 Å². The summed E-state index contributed by atoms with van der Waals surface area (Å²) in [6, 6.07) is 12.4. The Balaban J connectivity index is 1.47. The van der Waals surface area contributed by atoms with Crippen LogP contribution < -0.4 is 20.0 Å². The fraction of sp³-hybridized carbons (Fsp3) is 0.450. The lowest BCUT2D eigenvalue weighted by Gasteiger charge is -2.33. The Morgan fingerprint density at radius 2 is 1.96 bits per heavy atom. The average molecular weight is 375 g/mol. The second-order valence-corrected chi connectivity index (χ2v) is 8.11. The SMILES string of the molecule is CC[NH+]1CCN(c2ccc(NC(=O)C[NH+](C)Cc3cccs3)cc2)CC1. The minimum Gasteiger partial charge on any atom is -0.360 e. The molecule has 5 nitrogen and oxygen atoms in total. The molecule has 3 N–H and O–H groups in total. The number of thiophene rings is 1. The van der Waals surface area contributed by atoms with E-state index in [1.807, 2.05) is 12.1 Å². The molecule has 1 aromatic carbocycles. The first-order valence-corrected chi connectivity index (χ1v) is 10.3. The molecule has 0 aliphatic carbocycles. The third kappa shape index (κ3) is 5.30. The van der Waals surface area contributed by atoms with Crippen molar-refractivity contribution in [2.24, 2.45) is 0 Å². The first-order valence-electron chi connectivity index (χ1n) is 9.46. The molecule has 1 aromatic heterocycles. The molecule has 6 heteroatoms. The van der Waals surface area contributed by atoms with E-state index in [4.69, 9.17) is 0 Å². The lowest BCUT2D eigenvalue weighted by Crippen LogP contribution is -3.14. The summed E-state index contributed by atoms with van der Waals surface area (Å²) >= 11 is 1.74. The normalized spacial score (nSPS) is 16.5. The Labute approximate surface area is 160 Å². The summed E-state index contributed by atoms with van der Waals surface area (Å²) < 4.78 is 0. The van der Waals surface area contributed by atoms with Gasteiger partial charge in [0.05, 0.1) is 44.6 Å². The van der Waals surface area contributed by atoms with Crippen molar-refractivity contribution in [1.82, 2.24) is 0 Å². The van der Waals surface area contributed by atoms with Crippen molar-refractivity contribution in [2.75, 3.05) is 56.5 Å². The van der Waals surface area contributed by atoms with Crippen LogP contribution in [-0.4, -0.2) is 52.2 Å². The van der Waals surface area contributed by atoms with Crippen molar-refractivity contribution < 1.29 is 14.6 Å². The number of nitrogens with zero attached hydrogens (tertiary/aromatic N) is 1. The van der Waals surface area contributed by atoms with Gasteiger partial charge in [0.25, 0.3) is 5.91 Å². The first-order chi connectivity index (χ1) is 12.6. The van der Waals surface area contributed by atoms with Gasteiger partial charge in [-0.15, -0.1) is 11.3 Å². The molecule has 2 aromatic rings. The summed E-state index contributed by atoms with van der Waals surface area (Å²) in [6.45, 7) is 9.43. The lowest BCUT2D eigenvalue weighted by molar-refractivity contribution is -0.898. The predicted molar refractivity (Wildman–Crippen MR) is 108 cm³/mol. The molecule has 1 aliphatic rings. The molecule has 2 heterocycles. The van der Waals surface area contributed by atoms with E-state index in [2.05, 4.69) is 53.8 Å². The molecular formula is C20H30N4OS+2. The van der Waals surface area contributed by atoms with E-state index >= 15 is 0 Å². The van der Waals surface area contributed by atoms with Gasteiger partial charge in [-0.25, -0.2) is 0 Å². The molecule has 0 saturated carbocycles. The van der Waals surface area contributed by atoms with Gasteiger partial charge in [0.15, 0.2) is 6.54 Å². The van der Waals surface area contributed by atoms with Gasteiger partial charge in [0, 0.05) is 11.4 Å². The predicted octanol–water partition coefficient (Wildman–Crippen LogP) is 0.126. The van der Waals surface area contributed by atoms with Gasteiger partial charge in [-0.05, 0) is 42.6 Å². The van der Waals surface area contributed by atoms with Crippen molar-refractivity contribution in [2.45, 2.75) is 13.5 Å². The topological polar surface area (TPSA) is 41.2 Å². The summed E-state index contributed by atoms with van der Waals surface area (Å²) in [5.41, 5.74) is 2.12. The molecule has 0 spiro atoms. The molecule has 1 aliphatic heterocycles. The number of piperazine rings is 1. The first kappa shape index (κ1) is 18.9. The highest BCUT2D eigenvalue weighted by Gasteiger charge is 2.18. The maximum atomic E-state index is 12.3. The fourth-order valence-electron chi connectivity index (χ4n) is 3.44. The van der Waals surface area contributed by atoms with Crippen molar-refractivity contribution in [3.63, 3.8) is 0 Å². The maximum absolute atomic E-state index is 12.3. The van der Waals surface area contributed by atoms with Gasteiger partial charge in [0.2, 0.25) is 0 Å². The van der Waals surface area contributed by atoms with E-state index in [1.54, 1.807) is 16.2 Å². The molecular weight excluding hydrogens is 344 g/mol. The monoisotopic (exact) mass is 374 g/mol. The van der Waals surface area contributed by atoms with Crippen molar-refractivity contribution >= 4 is 28.6 Å². The summed E-state index contributed by atoms with van der Waals surface area (Å²) in [6.07, 6.45) is 0. The number of anilines is 2. The minimum absolute atomic E-state index is 0.0620. The Morgan fingerprint density at radius 1 is 1.23 bits per heavy atom. The largest absolute Gasteiger partial charge is 0.360 e. The van der Waals surface area contributed by atoms with E-state index in [0.29, 0.717) is 6.54 Å². The van der Waals surface area contributed by atoms with Gasteiger partial charge in [-0.3, -0.25) is 4.79 Å².